The second kappa shape index (κ2) is 8.13. The Balaban J connectivity index is 1.42. The van der Waals surface area contributed by atoms with E-state index in [0.29, 0.717) is 41.1 Å². The molecule has 1 aromatic heterocycles. The molecule has 0 radical (unpaired) electrons. The summed E-state index contributed by atoms with van der Waals surface area (Å²) in [6, 6.07) is 18.7. The minimum atomic E-state index is -3.26. The van der Waals surface area contributed by atoms with Gasteiger partial charge in [-0.15, -0.1) is 0 Å². The molecule has 0 bridgehead atoms. The van der Waals surface area contributed by atoms with Crippen LogP contribution in [0.3, 0.4) is 0 Å². The van der Waals surface area contributed by atoms with Gasteiger partial charge in [-0.3, -0.25) is 0 Å². The van der Waals surface area contributed by atoms with Crippen molar-refractivity contribution in [3.8, 4) is 16.9 Å². The minimum Gasteiger partial charge on any atom is -0.434 e. The van der Waals surface area contributed by atoms with E-state index < -0.39 is 28.6 Å². The molecule has 0 amide bonds. The summed E-state index contributed by atoms with van der Waals surface area (Å²) in [6.07, 6.45) is 0.874. The summed E-state index contributed by atoms with van der Waals surface area (Å²) >= 11 is 0. The zero-order valence-electron chi connectivity index (χ0n) is 18.5. The largest absolute Gasteiger partial charge is 0.434 e. The van der Waals surface area contributed by atoms with E-state index in [2.05, 4.69) is 4.98 Å². The minimum absolute atomic E-state index is 0.0676. The zero-order valence-corrected chi connectivity index (χ0v) is 19.3. The van der Waals surface area contributed by atoms with Crippen LogP contribution in [0.4, 0.5) is 8.78 Å². The molecule has 6 rings (SSSR count). The predicted molar refractivity (Wildman–Crippen MR) is 126 cm³/mol. The van der Waals surface area contributed by atoms with Crippen molar-refractivity contribution in [2.24, 2.45) is 0 Å². The molecule has 2 atom stereocenters. The summed E-state index contributed by atoms with van der Waals surface area (Å²) in [7, 11) is -3.26. The fraction of sp³-hybridized carbons (Fsp3) is 0.269. The molecular weight excluding hydrogens is 474 g/mol. The van der Waals surface area contributed by atoms with Crippen LogP contribution in [-0.2, 0) is 9.84 Å². The highest BCUT2D eigenvalue weighted by Crippen LogP contribution is 2.44. The number of imidazole rings is 1. The third kappa shape index (κ3) is 3.79. The van der Waals surface area contributed by atoms with Crippen molar-refractivity contribution in [1.29, 1.82) is 0 Å². The van der Waals surface area contributed by atoms with Gasteiger partial charge in [0.15, 0.2) is 9.84 Å². The Morgan fingerprint density at radius 2 is 1.71 bits per heavy atom. The lowest BCUT2D eigenvalue weighted by atomic mass is 10.0. The fourth-order valence-electron chi connectivity index (χ4n) is 4.91. The lowest BCUT2D eigenvalue weighted by molar-refractivity contribution is -0.0507. The maximum absolute atomic E-state index is 13.0. The Hall–Kier alpha value is -3.30. The van der Waals surface area contributed by atoms with Gasteiger partial charge in [-0.25, -0.2) is 13.4 Å². The molecule has 2 aliphatic rings. The van der Waals surface area contributed by atoms with Gasteiger partial charge in [-0.05, 0) is 54.3 Å². The highest BCUT2D eigenvalue weighted by atomic mass is 32.2. The molecule has 1 aliphatic carbocycles. The summed E-state index contributed by atoms with van der Waals surface area (Å²) in [5.41, 5.74) is 3.67. The topological polar surface area (TPSA) is 81.4 Å². The first kappa shape index (κ1) is 22.2. The van der Waals surface area contributed by atoms with Gasteiger partial charge in [0, 0.05) is 12.0 Å². The summed E-state index contributed by atoms with van der Waals surface area (Å²) in [5, 5.41) is 10.4. The Labute approximate surface area is 200 Å². The summed E-state index contributed by atoms with van der Waals surface area (Å²) in [5.74, 6) is 0.540. The van der Waals surface area contributed by atoms with Gasteiger partial charge in [-0.1, -0.05) is 36.4 Å². The Bertz CT molecular complexity index is 1530. The van der Waals surface area contributed by atoms with Crippen molar-refractivity contribution in [1.82, 2.24) is 9.55 Å². The number of ether oxygens (including phenoxy) is 1. The van der Waals surface area contributed by atoms with E-state index in [9.17, 15) is 22.3 Å². The molecular formula is C26H22F2N2O4S. The third-order valence-electron chi connectivity index (χ3n) is 6.75. The first-order valence-corrected chi connectivity index (χ1v) is 13.0. The van der Waals surface area contributed by atoms with Crippen molar-refractivity contribution in [2.45, 2.75) is 48.2 Å². The average molecular weight is 497 g/mol. The highest BCUT2D eigenvalue weighted by molar-refractivity contribution is 7.92. The number of aliphatic hydroxyl groups excluding tert-OH is 1. The van der Waals surface area contributed by atoms with Gasteiger partial charge in [0.2, 0.25) is 0 Å². The Morgan fingerprint density at radius 3 is 2.43 bits per heavy atom. The van der Waals surface area contributed by atoms with Gasteiger partial charge >= 0.3 is 6.61 Å². The Morgan fingerprint density at radius 1 is 1.00 bits per heavy atom. The van der Waals surface area contributed by atoms with Crippen LogP contribution in [0, 0.1) is 0 Å². The molecule has 0 saturated heterocycles. The van der Waals surface area contributed by atoms with E-state index in [1.807, 2.05) is 22.8 Å². The standard InChI is InChI=1S/C26H22F2N2O4S/c27-26(28)34-24-4-2-1-3-19(24)21-14-23(31)25-29-20-12-7-16(13-22(20)30(21)25)15-5-8-17(9-6-15)35(32,33)18-10-11-18/h1-9,12-13,18,21,23,26,31H,10-11,14H2/t21-,23-/m1/s1. The molecule has 1 saturated carbocycles. The van der Waals surface area contributed by atoms with Crippen LogP contribution in [0.25, 0.3) is 22.2 Å². The van der Waals surface area contributed by atoms with E-state index >= 15 is 0 Å². The maximum Gasteiger partial charge on any atom is 0.387 e. The average Bonchev–Trinajstić information content (AvgIpc) is 3.57. The molecule has 2 heterocycles. The van der Waals surface area contributed by atoms with Crippen LogP contribution >= 0.6 is 0 Å². The number of aromatic nitrogens is 2. The number of alkyl halides is 2. The van der Waals surface area contributed by atoms with Crippen molar-refractivity contribution < 1.29 is 27.0 Å². The van der Waals surface area contributed by atoms with Gasteiger partial charge in [0.25, 0.3) is 0 Å². The van der Waals surface area contributed by atoms with Gasteiger partial charge in [0.1, 0.15) is 17.7 Å². The molecule has 9 heteroatoms. The SMILES string of the molecule is O=S(=O)(c1ccc(-c2ccc3nc4n(c3c2)[C@@H](c2ccccc2OC(F)F)C[C@H]4O)cc1)C1CC1. The first-order valence-electron chi connectivity index (χ1n) is 11.4. The Kier molecular flexibility index (Phi) is 5.16. The van der Waals surface area contributed by atoms with E-state index in [-0.39, 0.29) is 11.0 Å². The van der Waals surface area contributed by atoms with Gasteiger partial charge in [-0.2, -0.15) is 8.78 Å². The van der Waals surface area contributed by atoms with Crippen LogP contribution in [0.15, 0.2) is 71.6 Å². The van der Waals surface area contributed by atoms with Crippen LogP contribution < -0.4 is 4.74 Å². The molecule has 1 N–H and O–H groups in total. The zero-order chi connectivity index (χ0) is 24.3. The predicted octanol–water partition coefficient (Wildman–Crippen LogP) is 5.27. The third-order valence-corrected chi connectivity index (χ3v) is 9.02. The molecule has 180 valence electrons. The van der Waals surface area contributed by atoms with Gasteiger partial charge < -0.3 is 14.4 Å². The number of hydrogen-bond acceptors (Lipinski definition) is 5. The molecule has 1 aliphatic heterocycles. The monoisotopic (exact) mass is 496 g/mol. The van der Waals surface area contributed by atoms with Crippen molar-refractivity contribution in [3.63, 3.8) is 0 Å². The van der Waals surface area contributed by atoms with Crippen molar-refractivity contribution >= 4 is 20.9 Å². The van der Waals surface area contributed by atoms with Crippen LogP contribution in [0.1, 0.15) is 42.8 Å². The number of rotatable bonds is 6. The molecule has 35 heavy (non-hydrogen) atoms. The number of sulfone groups is 1. The normalized spacial score (nSPS) is 19.9. The number of fused-ring (bicyclic) bond motifs is 3. The van der Waals surface area contributed by atoms with Crippen molar-refractivity contribution in [3.05, 3.63) is 78.1 Å². The summed E-state index contributed by atoms with van der Waals surface area (Å²) < 4.78 is 57.7. The smallest absolute Gasteiger partial charge is 0.387 e. The summed E-state index contributed by atoms with van der Waals surface area (Å²) in [6.45, 7) is -2.96. The quantitative estimate of drug-likeness (QED) is 0.394. The first-order chi connectivity index (χ1) is 16.8. The molecule has 4 aromatic rings. The lowest BCUT2D eigenvalue weighted by Gasteiger charge is -2.19. The van der Waals surface area contributed by atoms with E-state index in [1.165, 1.54) is 6.07 Å². The highest BCUT2D eigenvalue weighted by Gasteiger charge is 2.37. The number of aliphatic hydroxyl groups is 1. The number of benzene rings is 3. The van der Waals surface area contributed by atoms with Crippen LogP contribution in [-0.4, -0.2) is 34.9 Å². The number of para-hydroxylation sites is 1. The van der Waals surface area contributed by atoms with E-state index in [0.717, 1.165) is 16.6 Å². The molecule has 0 unspecified atom stereocenters. The number of halogens is 2. The van der Waals surface area contributed by atoms with Gasteiger partial charge in [0.05, 0.1) is 27.2 Å². The van der Waals surface area contributed by atoms with E-state index in [1.54, 1.807) is 42.5 Å². The second-order valence-electron chi connectivity index (χ2n) is 9.00. The number of nitrogens with zero attached hydrogens (tertiary/aromatic N) is 2. The maximum atomic E-state index is 13.0. The van der Waals surface area contributed by atoms with Crippen LogP contribution in [0.5, 0.6) is 5.75 Å². The molecule has 3 aromatic carbocycles. The molecule has 0 spiro atoms. The summed E-state index contributed by atoms with van der Waals surface area (Å²) in [4.78, 5) is 4.92. The van der Waals surface area contributed by atoms with Crippen molar-refractivity contribution in [2.75, 3.05) is 0 Å². The lowest BCUT2D eigenvalue weighted by Crippen LogP contribution is -2.10. The van der Waals surface area contributed by atoms with Crippen LogP contribution in [0.2, 0.25) is 0 Å². The second-order valence-corrected chi connectivity index (χ2v) is 11.2. The van der Waals surface area contributed by atoms with E-state index in [4.69, 9.17) is 4.74 Å². The fourth-order valence-corrected chi connectivity index (χ4v) is 6.57. The number of hydrogen-bond donors (Lipinski definition) is 1. The molecule has 1 fully saturated rings. The molecule has 6 nitrogen and oxygen atoms in total.